The van der Waals surface area contributed by atoms with Crippen LogP contribution in [0.1, 0.15) is 31.2 Å². The number of unbranched alkanes of at least 4 members (excludes halogenated alkanes) is 2. The number of aromatic nitrogens is 1. The van der Waals surface area contributed by atoms with Crippen molar-refractivity contribution in [2.75, 3.05) is 42.9 Å². The molecule has 0 aliphatic carbocycles. The molecule has 0 radical (unpaired) electrons. The normalized spacial score (nSPS) is 14.6. The SMILES string of the molecule is O=C(CCCCCNC(=O)Nc1ccc(S(=O)(=O)N2CCN(c3cc(C(F)(F)F)cc(Cl)n3)CC2)cc1)NO. The molecule has 3 amide bonds. The van der Waals surface area contributed by atoms with Gasteiger partial charge in [0, 0.05) is 44.8 Å². The molecule has 4 N–H and O–H groups in total. The first-order valence-electron chi connectivity index (χ1n) is 12.0. The van der Waals surface area contributed by atoms with E-state index in [1.807, 2.05) is 0 Å². The van der Waals surface area contributed by atoms with Crippen LogP contribution in [0.5, 0.6) is 0 Å². The fraction of sp³-hybridized carbons (Fsp3) is 0.435. The van der Waals surface area contributed by atoms with Crippen LogP contribution in [0, 0.1) is 0 Å². The number of carbonyl (C=O) groups is 2. The highest BCUT2D eigenvalue weighted by atomic mass is 35.5. The number of amides is 3. The summed E-state index contributed by atoms with van der Waals surface area (Å²) in [5.74, 6) is -0.444. The zero-order valence-electron chi connectivity index (χ0n) is 20.7. The van der Waals surface area contributed by atoms with Crippen molar-refractivity contribution in [3.8, 4) is 0 Å². The van der Waals surface area contributed by atoms with Gasteiger partial charge in [-0.1, -0.05) is 18.0 Å². The lowest BCUT2D eigenvalue weighted by molar-refractivity contribution is -0.137. The number of hydrogen-bond donors (Lipinski definition) is 4. The van der Waals surface area contributed by atoms with E-state index in [0.717, 1.165) is 12.1 Å². The molecule has 3 rings (SSSR count). The van der Waals surface area contributed by atoms with Gasteiger partial charge in [-0.3, -0.25) is 10.0 Å². The maximum absolute atomic E-state index is 13.1. The molecular formula is C23H28ClF3N6O5S. The van der Waals surface area contributed by atoms with Crippen LogP contribution in [-0.2, 0) is 21.0 Å². The Bertz CT molecular complexity index is 1260. The number of pyridine rings is 1. The summed E-state index contributed by atoms with van der Waals surface area (Å²) in [4.78, 5) is 28.5. The van der Waals surface area contributed by atoms with Crippen LogP contribution in [-0.4, -0.2) is 67.6 Å². The van der Waals surface area contributed by atoms with E-state index in [0.29, 0.717) is 31.5 Å². The molecule has 2 aromatic rings. The predicted octanol–water partition coefficient (Wildman–Crippen LogP) is 3.45. The minimum absolute atomic E-state index is 0.00839. The molecule has 1 aliphatic heterocycles. The average molecular weight is 593 g/mol. The summed E-state index contributed by atoms with van der Waals surface area (Å²) in [7, 11) is -3.88. The highest BCUT2D eigenvalue weighted by Crippen LogP contribution is 2.33. The molecule has 16 heteroatoms. The number of benzene rings is 1. The van der Waals surface area contributed by atoms with Crippen LogP contribution < -0.4 is 21.0 Å². The van der Waals surface area contributed by atoms with Gasteiger partial charge in [0.2, 0.25) is 15.9 Å². The highest BCUT2D eigenvalue weighted by molar-refractivity contribution is 7.89. The van der Waals surface area contributed by atoms with Gasteiger partial charge >= 0.3 is 12.2 Å². The standard InChI is InChI=1S/C23H28ClF3N6O5S/c24-19-14-16(23(25,26)27)15-20(30-19)32-10-12-33(13-11-32)39(37,38)18-7-5-17(6-8-18)29-22(35)28-9-3-1-2-4-21(34)31-36/h5-8,14-15,36H,1-4,9-13H2,(H,31,34)(H2,28,29,35). The molecule has 1 aromatic heterocycles. The molecule has 0 atom stereocenters. The van der Waals surface area contributed by atoms with Crippen molar-refractivity contribution >= 4 is 45.1 Å². The first kappa shape index (κ1) is 30.4. The number of halogens is 4. The number of nitrogens with zero attached hydrogens (tertiary/aromatic N) is 3. The lowest BCUT2D eigenvalue weighted by Gasteiger charge is -2.35. The molecule has 214 valence electrons. The van der Waals surface area contributed by atoms with E-state index in [1.54, 1.807) is 10.4 Å². The van der Waals surface area contributed by atoms with Gasteiger partial charge in [0.25, 0.3) is 0 Å². The molecule has 1 aromatic carbocycles. The van der Waals surface area contributed by atoms with Gasteiger partial charge < -0.3 is 15.5 Å². The number of sulfonamides is 1. The number of rotatable bonds is 10. The minimum atomic E-state index is -4.59. The van der Waals surface area contributed by atoms with E-state index in [1.165, 1.54) is 28.6 Å². The Labute approximate surface area is 228 Å². The zero-order chi connectivity index (χ0) is 28.6. The number of alkyl halides is 3. The van der Waals surface area contributed by atoms with Crippen LogP contribution in [0.3, 0.4) is 0 Å². The molecule has 11 nitrogen and oxygen atoms in total. The number of anilines is 2. The van der Waals surface area contributed by atoms with E-state index in [4.69, 9.17) is 16.8 Å². The Morgan fingerprint density at radius 1 is 1.03 bits per heavy atom. The summed E-state index contributed by atoms with van der Waals surface area (Å²) in [5.41, 5.74) is 0.997. The molecule has 0 spiro atoms. The zero-order valence-corrected chi connectivity index (χ0v) is 22.2. The number of piperazine rings is 1. The van der Waals surface area contributed by atoms with Gasteiger partial charge in [-0.2, -0.15) is 17.5 Å². The third-order valence-corrected chi connectivity index (χ3v) is 8.02. The largest absolute Gasteiger partial charge is 0.416 e. The molecule has 1 aliphatic rings. The van der Waals surface area contributed by atoms with Gasteiger partial charge in [-0.25, -0.2) is 23.7 Å². The Morgan fingerprint density at radius 2 is 1.69 bits per heavy atom. The Balaban J connectivity index is 1.50. The Kier molecular flexibility index (Phi) is 10.4. The van der Waals surface area contributed by atoms with E-state index in [2.05, 4.69) is 15.6 Å². The monoisotopic (exact) mass is 592 g/mol. The van der Waals surface area contributed by atoms with Crippen LogP contribution in [0.4, 0.5) is 29.5 Å². The molecule has 2 heterocycles. The quantitative estimate of drug-likeness (QED) is 0.143. The summed E-state index contributed by atoms with van der Waals surface area (Å²) >= 11 is 5.76. The Hall–Kier alpha value is -3.14. The van der Waals surface area contributed by atoms with Gasteiger partial charge in [0.15, 0.2) is 0 Å². The molecular weight excluding hydrogens is 565 g/mol. The second-order valence-electron chi connectivity index (χ2n) is 8.68. The molecule has 0 bridgehead atoms. The van der Waals surface area contributed by atoms with E-state index in [-0.39, 0.29) is 48.5 Å². The molecule has 1 saturated heterocycles. The predicted molar refractivity (Wildman–Crippen MR) is 137 cm³/mol. The maximum Gasteiger partial charge on any atom is 0.416 e. The lowest BCUT2D eigenvalue weighted by atomic mass is 10.2. The van der Waals surface area contributed by atoms with Crippen molar-refractivity contribution in [1.82, 2.24) is 20.1 Å². The van der Waals surface area contributed by atoms with Gasteiger partial charge in [0.1, 0.15) is 11.0 Å². The third-order valence-electron chi connectivity index (χ3n) is 5.91. The smallest absolute Gasteiger partial charge is 0.354 e. The second-order valence-corrected chi connectivity index (χ2v) is 11.0. The van der Waals surface area contributed by atoms with Crippen molar-refractivity contribution < 1.29 is 36.4 Å². The van der Waals surface area contributed by atoms with Gasteiger partial charge in [-0.05, 0) is 49.2 Å². The lowest BCUT2D eigenvalue weighted by Crippen LogP contribution is -2.49. The van der Waals surface area contributed by atoms with Crippen LogP contribution >= 0.6 is 11.6 Å². The Morgan fingerprint density at radius 3 is 2.31 bits per heavy atom. The average Bonchev–Trinajstić information content (AvgIpc) is 2.90. The van der Waals surface area contributed by atoms with Crippen LogP contribution in [0.15, 0.2) is 41.3 Å². The summed E-state index contributed by atoms with van der Waals surface area (Å²) in [6.07, 6.45) is -2.52. The first-order valence-corrected chi connectivity index (χ1v) is 13.8. The van der Waals surface area contributed by atoms with Crippen LogP contribution in [0.2, 0.25) is 5.15 Å². The summed E-state index contributed by atoms with van der Waals surface area (Å²) in [5, 5.41) is 13.4. The summed E-state index contributed by atoms with van der Waals surface area (Å²) in [6, 6.07) is 6.76. The number of hydroxylamine groups is 1. The van der Waals surface area contributed by atoms with Crippen molar-refractivity contribution in [3.05, 3.63) is 47.1 Å². The van der Waals surface area contributed by atoms with E-state index >= 15 is 0 Å². The fourth-order valence-corrected chi connectivity index (χ4v) is 5.47. The van der Waals surface area contributed by atoms with E-state index in [9.17, 15) is 31.2 Å². The highest BCUT2D eigenvalue weighted by Gasteiger charge is 2.33. The number of carbonyl (C=O) groups excluding carboxylic acids is 2. The topological polar surface area (TPSA) is 144 Å². The molecule has 0 saturated carbocycles. The molecule has 1 fully saturated rings. The maximum atomic E-state index is 13.1. The summed E-state index contributed by atoms with van der Waals surface area (Å²) in [6.45, 7) is 0.680. The van der Waals surface area contributed by atoms with Crippen molar-refractivity contribution in [3.63, 3.8) is 0 Å². The van der Waals surface area contributed by atoms with Crippen molar-refractivity contribution in [1.29, 1.82) is 0 Å². The number of nitrogens with one attached hydrogen (secondary N) is 3. The molecule has 0 unspecified atom stereocenters. The van der Waals surface area contributed by atoms with Gasteiger partial charge in [-0.15, -0.1) is 0 Å². The fourth-order valence-electron chi connectivity index (χ4n) is 3.85. The van der Waals surface area contributed by atoms with Crippen LogP contribution in [0.25, 0.3) is 0 Å². The first-order chi connectivity index (χ1) is 18.4. The van der Waals surface area contributed by atoms with Gasteiger partial charge in [0.05, 0.1) is 10.5 Å². The van der Waals surface area contributed by atoms with Crippen molar-refractivity contribution in [2.24, 2.45) is 0 Å². The van der Waals surface area contributed by atoms with E-state index < -0.39 is 33.7 Å². The molecule has 39 heavy (non-hydrogen) atoms. The second kappa shape index (κ2) is 13.3. The number of hydrogen-bond acceptors (Lipinski definition) is 7. The third kappa shape index (κ3) is 8.68. The summed E-state index contributed by atoms with van der Waals surface area (Å²) < 4.78 is 66.7. The number of urea groups is 1. The van der Waals surface area contributed by atoms with Crippen molar-refractivity contribution in [2.45, 2.75) is 36.8 Å². The minimum Gasteiger partial charge on any atom is -0.354 e.